The minimum atomic E-state index is -0.693. The predicted molar refractivity (Wildman–Crippen MR) is 72.7 cm³/mol. The van der Waals surface area contributed by atoms with Gasteiger partial charge in [-0.2, -0.15) is 5.10 Å². The first-order chi connectivity index (χ1) is 9.13. The summed E-state index contributed by atoms with van der Waals surface area (Å²) in [7, 11) is 0. The summed E-state index contributed by atoms with van der Waals surface area (Å²) in [4.78, 5) is 13.5. The molecule has 1 fully saturated rings. The highest BCUT2D eigenvalue weighted by Crippen LogP contribution is 2.26. The fraction of sp³-hybridized carbons (Fsp3) is 0.714. The molecule has 106 valence electrons. The summed E-state index contributed by atoms with van der Waals surface area (Å²) >= 11 is 0. The third-order valence-electron chi connectivity index (χ3n) is 4.08. The molecule has 1 aliphatic heterocycles. The van der Waals surface area contributed by atoms with E-state index in [0.29, 0.717) is 12.5 Å². The quantitative estimate of drug-likeness (QED) is 0.884. The van der Waals surface area contributed by atoms with E-state index in [2.05, 4.69) is 16.9 Å². The summed E-state index contributed by atoms with van der Waals surface area (Å²) in [6, 6.07) is -0.344. The SMILES string of the molecule is CCC1CCN(Cc2cnn(CC)c2)C(C(=O)O)C1. The molecule has 1 aromatic rings. The number of hydrogen-bond donors (Lipinski definition) is 1. The molecule has 2 atom stereocenters. The molecule has 0 aromatic carbocycles. The van der Waals surface area contributed by atoms with E-state index in [9.17, 15) is 9.90 Å². The van der Waals surface area contributed by atoms with Gasteiger partial charge in [0.25, 0.3) is 0 Å². The Kier molecular flexibility index (Phi) is 4.58. The van der Waals surface area contributed by atoms with Crippen molar-refractivity contribution in [1.82, 2.24) is 14.7 Å². The van der Waals surface area contributed by atoms with Crippen LogP contribution in [0.25, 0.3) is 0 Å². The molecule has 2 heterocycles. The summed E-state index contributed by atoms with van der Waals surface area (Å²) in [5.41, 5.74) is 1.10. The van der Waals surface area contributed by atoms with Gasteiger partial charge in [-0.15, -0.1) is 0 Å². The van der Waals surface area contributed by atoms with Gasteiger partial charge in [0.2, 0.25) is 0 Å². The predicted octanol–water partition coefficient (Wildman–Crippen LogP) is 1.98. The van der Waals surface area contributed by atoms with E-state index in [1.165, 1.54) is 0 Å². The Balaban J connectivity index is 2.03. The Bertz CT molecular complexity index is 430. The molecule has 0 amide bonds. The van der Waals surface area contributed by atoms with Gasteiger partial charge in [0, 0.05) is 24.8 Å². The molecule has 0 spiro atoms. The topological polar surface area (TPSA) is 58.4 Å². The zero-order chi connectivity index (χ0) is 13.8. The smallest absolute Gasteiger partial charge is 0.320 e. The van der Waals surface area contributed by atoms with Gasteiger partial charge in [0.05, 0.1) is 6.20 Å². The van der Waals surface area contributed by atoms with Crippen molar-refractivity contribution in [3.05, 3.63) is 18.0 Å². The molecule has 1 saturated heterocycles. The number of aryl methyl sites for hydroxylation is 1. The number of carboxylic acids is 1. The maximum absolute atomic E-state index is 11.4. The minimum Gasteiger partial charge on any atom is -0.480 e. The minimum absolute atomic E-state index is 0.344. The van der Waals surface area contributed by atoms with E-state index in [1.54, 1.807) is 0 Å². The largest absolute Gasteiger partial charge is 0.480 e. The molecule has 2 unspecified atom stereocenters. The van der Waals surface area contributed by atoms with Crippen LogP contribution in [0.15, 0.2) is 12.4 Å². The second-order valence-corrected chi connectivity index (χ2v) is 5.33. The van der Waals surface area contributed by atoms with Crippen LogP contribution in [0.5, 0.6) is 0 Å². The normalized spacial score (nSPS) is 24.5. The summed E-state index contributed by atoms with van der Waals surface area (Å²) in [5, 5.41) is 13.6. The molecule has 0 saturated carbocycles. The zero-order valence-electron chi connectivity index (χ0n) is 11.7. The zero-order valence-corrected chi connectivity index (χ0v) is 11.7. The van der Waals surface area contributed by atoms with Crippen LogP contribution in [0.1, 0.15) is 38.7 Å². The highest BCUT2D eigenvalue weighted by Gasteiger charge is 2.32. The summed E-state index contributed by atoms with van der Waals surface area (Å²) in [6.07, 6.45) is 6.79. The van der Waals surface area contributed by atoms with Crippen molar-refractivity contribution >= 4 is 5.97 Å². The first-order valence-electron chi connectivity index (χ1n) is 7.12. The maximum Gasteiger partial charge on any atom is 0.320 e. The molecule has 5 nitrogen and oxygen atoms in total. The summed E-state index contributed by atoms with van der Waals surface area (Å²) in [6.45, 7) is 6.59. The number of nitrogens with zero attached hydrogens (tertiary/aromatic N) is 3. The van der Waals surface area contributed by atoms with Crippen LogP contribution in [0.3, 0.4) is 0 Å². The van der Waals surface area contributed by atoms with Gasteiger partial charge >= 0.3 is 5.97 Å². The maximum atomic E-state index is 11.4. The molecule has 1 aromatic heterocycles. The average molecular weight is 265 g/mol. The lowest BCUT2D eigenvalue weighted by Crippen LogP contribution is -2.46. The fourth-order valence-electron chi connectivity index (χ4n) is 2.80. The van der Waals surface area contributed by atoms with E-state index in [-0.39, 0.29) is 6.04 Å². The van der Waals surface area contributed by atoms with Crippen molar-refractivity contribution in [2.45, 2.75) is 52.2 Å². The molecule has 19 heavy (non-hydrogen) atoms. The molecule has 1 aliphatic rings. The van der Waals surface area contributed by atoms with E-state index in [4.69, 9.17) is 0 Å². The molecule has 2 rings (SSSR count). The van der Waals surface area contributed by atoms with E-state index >= 15 is 0 Å². The number of likely N-dealkylation sites (tertiary alicyclic amines) is 1. The van der Waals surface area contributed by atoms with Gasteiger partial charge in [-0.25, -0.2) is 0 Å². The van der Waals surface area contributed by atoms with Gasteiger partial charge in [-0.05, 0) is 32.2 Å². The highest BCUT2D eigenvalue weighted by atomic mass is 16.4. The third kappa shape index (κ3) is 3.35. The molecule has 1 N–H and O–H groups in total. The number of aliphatic carboxylic acids is 1. The van der Waals surface area contributed by atoms with Crippen molar-refractivity contribution in [3.63, 3.8) is 0 Å². The lowest BCUT2D eigenvalue weighted by atomic mass is 9.88. The first kappa shape index (κ1) is 14.1. The fourth-order valence-corrected chi connectivity index (χ4v) is 2.80. The average Bonchev–Trinajstić information content (AvgIpc) is 2.86. The van der Waals surface area contributed by atoms with Crippen molar-refractivity contribution in [2.75, 3.05) is 6.54 Å². The van der Waals surface area contributed by atoms with Crippen LogP contribution in [-0.2, 0) is 17.9 Å². The van der Waals surface area contributed by atoms with Crippen LogP contribution < -0.4 is 0 Å². The van der Waals surface area contributed by atoms with E-state index in [0.717, 1.165) is 37.9 Å². The Morgan fingerprint density at radius 3 is 2.89 bits per heavy atom. The van der Waals surface area contributed by atoms with Gasteiger partial charge in [0.15, 0.2) is 0 Å². The van der Waals surface area contributed by atoms with Gasteiger partial charge in [0.1, 0.15) is 6.04 Å². The second kappa shape index (κ2) is 6.19. The first-order valence-corrected chi connectivity index (χ1v) is 7.12. The van der Waals surface area contributed by atoms with Crippen LogP contribution >= 0.6 is 0 Å². The Hall–Kier alpha value is -1.36. The van der Waals surface area contributed by atoms with Gasteiger partial charge < -0.3 is 5.11 Å². The van der Waals surface area contributed by atoms with Crippen molar-refractivity contribution < 1.29 is 9.90 Å². The number of carbonyl (C=O) groups is 1. The molecular weight excluding hydrogens is 242 g/mol. The number of carboxylic acid groups (broad SMARTS) is 1. The summed E-state index contributed by atoms with van der Waals surface area (Å²) < 4.78 is 1.88. The van der Waals surface area contributed by atoms with Crippen molar-refractivity contribution in [1.29, 1.82) is 0 Å². The van der Waals surface area contributed by atoms with Gasteiger partial charge in [-0.3, -0.25) is 14.4 Å². The van der Waals surface area contributed by atoms with Crippen LogP contribution in [0.2, 0.25) is 0 Å². The molecule has 5 heteroatoms. The van der Waals surface area contributed by atoms with Crippen LogP contribution in [-0.4, -0.2) is 38.3 Å². The summed E-state index contributed by atoms with van der Waals surface area (Å²) in [5.74, 6) is -0.142. The van der Waals surface area contributed by atoms with Crippen LogP contribution in [0.4, 0.5) is 0 Å². The highest BCUT2D eigenvalue weighted by molar-refractivity contribution is 5.73. The standard InChI is InChI=1S/C14H23N3O2/c1-3-11-5-6-16(13(7-11)14(18)19)9-12-8-15-17(4-2)10-12/h8,10-11,13H,3-7,9H2,1-2H3,(H,18,19). The lowest BCUT2D eigenvalue weighted by Gasteiger charge is -2.36. The van der Waals surface area contributed by atoms with Crippen LogP contribution in [0, 0.1) is 5.92 Å². The van der Waals surface area contributed by atoms with E-state index in [1.807, 2.05) is 24.0 Å². The molecule has 0 bridgehead atoms. The Morgan fingerprint density at radius 2 is 2.32 bits per heavy atom. The molecular formula is C14H23N3O2. The van der Waals surface area contributed by atoms with E-state index < -0.39 is 5.97 Å². The Morgan fingerprint density at radius 1 is 1.53 bits per heavy atom. The second-order valence-electron chi connectivity index (χ2n) is 5.33. The molecule has 0 radical (unpaired) electrons. The Labute approximate surface area is 114 Å². The monoisotopic (exact) mass is 265 g/mol. The third-order valence-corrected chi connectivity index (χ3v) is 4.08. The number of aromatic nitrogens is 2. The number of piperidine rings is 1. The molecule has 0 aliphatic carbocycles. The van der Waals surface area contributed by atoms with Crippen molar-refractivity contribution in [2.24, 2.45) is 5.92 Å². The number of hydrogen-bond acceptors (Lipinski definition) is 3. The van der Waals surface area contributed by atoms with Gasteiger partial charge in [-0.1, -0.05) is 13.3 Å². The lowest BCUT2D eigenvalue weighted by molar-refractivity contribution is -0.145. The van der Waals surface area contributed by atoms with Crippen molar-refractivity contribution in [3.8, 4) is 0 Å². The number of rotatable bonds is 5.